The van der Waals surface area contributed by atoms with Gasteiger partial charge in [-0.15, -0.1) is 0 Å². The number of hydrogen-bond donors (Lipinski definition) is 0. The minimum absolute atomic E-state index is 0.0486. The average Bonchev–Trinajstić information content (AvgIpc) is 2.53. The Balaban J connectivity index is 1.88. The molecule has 0 spiro atoms. The van der Waals surface area contributed by atoms with Gasteiger partial charge in [-0.3, -0.25) is 0 Å². The minimum Gasteiger partial charge on any atom is -0.228 e. The average molecular weight is 393 g/mol. The Morgan fingerprint density at radius 1 is 1.08 bits per heavy atom. The Labute approximate surface area is 161 Å². The maximum atomic E-state index is 12.5. The summed E-state index contributed by atoms with van der Waals surface area (Å²) in [4.78, 5) is 8.85. The third-order valence-corrected chi connectivity index (χ3v) is 7.64. The first-order chi connectivity index (χ1) is 12.2. The highest BCUT2D eigenvalue weighted by molar-refractivity contribution is 7.91. The SMILES string of the molecule is CC(C)(C)S(=O)(=O)Cc1cccc(Cc2nc(Cl)nc3c2CCCC3)c1. The predicted molar refractivity (Wildman–Crippen MR) is 105 cm³/mol. The van der Waals surface area contributed by atoms with Crippen molar-refractivity contribution in [2.24, 2.45) is 0 Å². The van der Waals surface area contributed by atoms with Crippen LogP contribution >= 0.6 is 11.6 Å². The molecule has 0 unspecified atom stereocenters. The zero-order valence-electron chi connectivity index (χ0n) is 15.5. The normalized spacial score (nSPS) is 14.9. The van der Waals surface area contributed by atoms with Crippen LogP contribution < -0.4 is 0 Å². The van der Waals surface area contributed by atoms with Crippen LogP contribution in [0.3, 0.4) is 0 Å². The molecule has 1 aromatic carbocycles. The highest BCUT2D eigenvalue weighted by atomic mass is 35.5. The van der Waals surface area contributed by atoms with Crippen LogP contribution in [0.2, 0.25) is 5.28 Å². The number of halogens is 1. The monoisotopic (exact) mass is 392 g/mol. The molecule has 0 saturated heterocycles. The van der Waals surface area contributed by atoms with Crippen molar-refractivity contribution in [3.05, 3.63) is 57.6 Å². The van der Waals surface area contributed by atoms with Gasteiger partial charge < -0.3 is 0 Å². The zero-order valence-corrected chi connectivity index (χ0v) is 17.1. The van der Waals surface area contributed by atoms with Gasteiger partial charge in [0.1, 0.15) is 0 Å². The topological polar surface area (TPSA) is 59.9 Å². The molecule has 1 aliphatic rings. The van der Waals surface area contributed by atoms with Crippen LogP contribution in [0, 0.1) is 0 Å². The van der Waals surface area contributed by atoms with E-state index >= 15 is 0 Å². The largest absolute Gasteiger partial charge is 0.228 e. The summed E-state index contributed by atoms with van der Waals surface area (Å²) in [6.45, 7) is 5.21. The van der Waals surface area contributed by atoms with Gasteiger partial charge in [0.25, 0.3) is 0 Å². The van der Waals surface area contributed by atoms with E-state index in [-0.39, 0.29) is 5.75 Å². The van der Waals surface area contributed by atoms with Crippen LogP contribution in [0.15, 0.2) is 24.3 Å². The van der Waals surface area contributed by atoms with Crippen LogP contribution in [0.5, 0.6) is 0 Å². The molecule has 0 aliphatic heterocycles. The molecular weight excluding hydrogens is 368 g/mol. The second kappa shape index (κ2) is 7.28. The lowest BCUT2D eigenvalue weighted by atomic mass is 9.92. The molecule has 0 radical (unpaired) electrons. The van der Waals surface area contributed by atoms with E-state index in [1.165, 1.54) is 5.56 Å². The highest BCUT2D eigenvalue weighted by Crippen LogP contribution is 2.26. The molecule has 3 rings (SSSR count). The zero-order chi connectivity index (χ0) is 18.9. The highest BCUT2D eigenvalue weighted by Gasteiger charge is 2.29. The number of fused-ring (bicyclic) bond motifs is 1. The lowest BCUT2D eigenvalue weighted by molar-refractivity contribution is 0.559. The molecule has 4 nitrogen and oxygen atoms in total. The van der Waals surface area contributed by atoms with Crippen LogP contribution in [0.1, 0.15) is 61.7 Å². The summed E-state index contributed by atoms with van der Waals surface area (Å²) in [6.07, 6.45) is 4.87. The van der Waals surface area contributed by atoms with Gasteiger partial charge in [0.05, 0.1) is 16.2 Å². The van der Waals surface area contributed by atoms with Crippen LogP contribution in [-0.2, 0) is 34.9 Å². The number of hydrogen-bond acceptors (Lipinski definition) is 4. The molecule has 2 aromatic rings. The number of aromatic nitrogens is 2. The Kier molecular flexibility index (Phi) is 5.40. The van der Waals surface area contributed by atoms with Crippen LogP contribution in [0.4, 0.5) is 0 Å². The molecule has 0 fully saturated rings. The van der Waals surface area contributed by atoms with E-state index in [9.17, 15) is 8.42 Å². The number of sulfone groups is 1. The smallest absolute Gasteiger partial charge is 0.222 e. The summed E-state index contributed by atoms with van der Waals surface area (Å²) in [6, 6.07) is 7.76. The number of benzene rings is 1. The van der Waals surface area contributed by atoms with Crippen molar-refractivity contribution in [2.75, 3.05) is 0 Å². The number of nitrogens with zero attached hydrogens (tertiary/aromatic N) is 2. The van der Waals surface area contributed by atoms with Gasteiger partial charge in [-0.05, 0) is 74.7 Å². The molecule has 1 heterocycles. The van der Waals surface area contributed by atoms with Gasteiger partial charge >= 0.3 is 0 Å². The molecule has 0 atom stereocenters. The Hall–Kier alpha value is -1.46. The molecule has 0 N–H and O–H groups in total. The van der Waals surface area contributed by atoms with E-state index in [0.717, 1.165) is 48.2 Å². The lowest BCUT2D eigenvalue weighted by Crippen LogP contribution is -2.29. The predicted octanol–water partition coefficient (Wildman–Crippen LogP) is 4.31. The molecule has 1 aliphatic carbocycles. The molecule has 0 amide bonds. The summed E-state index contributed by atoms with van der Waals surface area (Å²) in [5, 5.41) is 0.298. The minimum atomic E-state index is -3.21. The van der Waals surface area contributed by atoms with E-state index in [4.69, 9.17) is 11.6 Å². The van der Waals surface area contributed by atoms with Gasteiger partial charge in [0.15, 0.2) is 9.84 Å². The maximum Gasteiger partial charge on any atom is 0.222 e. The second-order valence-electron chi connectivity index (χ2n) is 7.94. The van der Waals surface area contributed by atoms with Crippen molar-refractivity contribution in [2.45, 2.75) is 63.4 Å². The first kappa shape index (κ1) is 19.3. The molecule has 0 saturated carbocycles. The van der Waals surface area contributed by atoms with E-state index in [2.05, 4.69) is 9.97 Å². The molecule has 6 heteroatoms. The van der Waals surface area contributed by atoms with E-state index in [1.807, 2.05) is 24.3 Å². The first-order valence-corrected chi connectivity index (χ1v) is 11.0. The summed E-state index contributed by atoms with van der Waals surface area (Å²) in [7, 11) is -3.21. The molecular formula is C20H25ClN2O2S. The van der Waals surface area contributed by atoms with Gasteiger partial charge in [0.2, 0.25) is 5.28 Å². The Morgan fingerprint density at radius 2 is 1.77 bits per heavy atom. The van der Waals surface area contributed by atoms with E-state index in [1.54, 1.807) is 20.8 Å². The van der Waals surface area contributed by atoms with Crippen molar-refractivity contribution >= 4 is 21.4 Å². The summed E-state index contributed by atoms with van der Waals surface area (Å²) >= 11 is 6.12. The fourth-order valence-corrected chi connectivity index (χ4v) is 4.50. The van der Waals surface area contributed by atoms with Gasteiger partial charge in [-0.25, -0.2) is 18.4 Å². The summed E-state index contributed by atoms with van der Waals surface area (Å²) in [5.41, 5.74) is 5.11. The van der Waals surface area contributed by atoms with Gasteiger partial charge in [0, 0.05) is 12.1 Å². The van der Waals surface area contributed by atoms with Crippen LogP contribution in [-0.4, -0.2) is 23.1 Å². The summed E-state index contributed by atoms with van der Waals surface area (Å²) in [5.74, 6) is 0.0486. The van der Waals surface area contributed by atoms with Crippen molar-refractivity contribution in [3.63, 3.8) is 0 Å². The second-order valence-corrected chi connectivity index (χ2v) is 11.0. The van der Waals surface area contributed by atoms with E-state index in [0.29, 0.717) is 11.7 Å². The van der Waals surface area contributed by atoms with Crippen molar-refractivity contribution in [1.29, 1.82) is 0 Å². The van der Waals surface area contributed by atoms with Gasteiger partial charge in [-0.2, -0.15) is 0 Å². The quantitative estimate of drug-likeness (QED) is 0.727. The first-order valence-electron chi connectivity index (χ1n) is 9.00. The molecule has 140 valence electrons. The standard InChI is InChI=1S/C20H25ClN2O2S/c1-20(2,3)26(24,25)13-15-8-6-7-14(11-15)12-18-16-9-4-5-10-17(16)22-19(21)23-18/h6-8,11H,4-5,9-10,12-13H2,1-3H3. The molecule has 26 heavy (non-hydrogen) atoms. The maximum absolute atomic E-state index is 12.5. The third-order valence-electron chi connectivity index (χ3n) is 4.89. The Bertz CT molecular complexity index is 918. The fourth-order valence-electron chi connectivity index (χ4n) is 3.24. The van der Waals surface area contributed by atoms with Gasteiger partial charge in [-0.1, -0.05) is 24.3 Å². The molecule has 0 bridgehead atoms. The van der Waals surface area contributed by atoms with E-state index < -0.39 is 14.6 Å². The van der Waals surface area contributed by atoms with Crippen molar-refractivity contribution < 1.29 is 8.42 Å². The van der Waals surface area contributed by atoms with Crippen molar-refractivity contribution in [1.82, 2.24) is 9.97 Å². The lowest BCUT2D eigenvalue weighted by Gasteiger charge is -2.20. The molecule has 1 aromatic heterocycles. The summed E-state index contributed by atoms with van der Waals surface area (Å²) < 4.78 is 24.2. The fraction of sp³-hybridized carbons (Fsp3) is 0.500. The number of rotatable bonds is 4. The van der Waals surface area contributed by atoms with Crippen LogP contribution in [0.25, 0.3) is 0 Å². The Morgan fingerprint density at radius 3 is 2.50 bits per heavy atom. The third kappa shape index (κ3) is 4.26. The number of aryl methyl sites for hydroxylation is 1. The van der Waals surface area contributed by atoms with Crippen molar-refractivity contribution in [3.8, 4) is 0 Å².